The van der Waals surface area contributed by atoms with Gasteiger partial charge in [-0.05, 0) is 55.9 Å². The minimum absolute atomic E-state index is 0.0325. The van der Waals surface area contributed by atoms with Gasteiger partial charge in [0.05, 0.1) is 22.6 Å². The molecule has 9 nitrogen and oxygen atoms in total. The van der Waals surface area contributed by atoms with Gasteiger partial charge in [0.2, 0.25) is 5.95 Å². The molecule has 1 aliphatic heterocycles. The molecule has 5 rings (SSSR count). The molecular weight excluding hydrogens is 420 g/mol. The minimum Gasteiger partial charge on any atom is -0.476 e. The number of nitrogens with zero attached hydrogens (tertiary/aromatic N) is 5. The highest BCUT2D eigenvalue weighted by Gasteiger charge is 2.46. The first-order chi connectivity index (χ1) is 15.8. The van der Waals surface area contributed by atoms with Crippen LogP contribution < -0.4 is 15.8 Å². The normalized spacial score (nSPS) is 19.8. The van der Waals surface area contributed by atoms with Crippen molar-refractivity contribution < 1.29 is 9.90 Å². The molecule has 2 fully saturated rings. The van der Waals surface area contributed by atoms with Crippen LogP contribution in [0.2, 0.25) is 0 Å². The van der Waals surface area contributed by atoms with E-state index in [9.17, 15) is 14.7 Å². The van der Waals surface area contributed by atoms with Crippen molar-refractivity contribution in [1.29, 1.82) is 5.26 Å². The number of piperidine rings is 1. The van der Waals surface area contributed by atoms with E-state index in [1.807, 2.05) is 32.0 Å². The van der Waals surface area contributed by atoms with Crippen molar-refractivity contribution in [3.63, 3.8) is 0 Å². The fraction of sp³-hybridized carbons (Fsp3) is 0.375. The fourth-order valence-electron chi connectivity index (χ4n) is 4.83. The number of hydrogen-bond acceptors (Lipinski definition) is 7. The Hall–Kier alpha value is -3.93. The molecule has 33 heavy (non-hydrogen) atoms. The lowest BCUT2D eigenvalue weighted by Crippen LogP contribution is -2.31. The largest absolute Gasteiger partial charge is 0.476 e. The number of benzene rings is 1. The smallest absolute Gasteiger partial charge is 0.356 e. The molecule has 1 saturated carbocycles. The van der Waals surface area contributed by atoms with Crippen LogP contribution in [0.1, 0.15) is 46.7 Å². The number of carboxylic acids is 1. The molecule has 2 aromatic heterocycles. The summed E-state index contributed by atoms with van der Waals surface area (Å²) in [6, 6.07) is 8.33. The topological polar surface area (TPSA) is 124 Å². The average molecular weight is 444 g/mol. The molecule has 168 valence electrons. The van der Waals surface area contributed by atoms with E-state index in [1.165, 1.54) is 18.6 Å². The van der Waals surface area contributed by atoms with Gasteiger partial charge in [0.15, 0.2) is 5.69 Å². The quantitative estimate of drug-likeness (QED) is 0.616. The summed E-state index contributed by atoms with van der Waals surface area (Å²) in [5.41, 5.74) is 2.33. The lowest BCUT2D eigenvalue weighted by Gasteiger charge is -2.24. The molecule has 2 unspecified atom stereocenters. The molecule has 1 aliphatic carbocycles. The molecule has 3 heterocycles. The van der Waals surface area contributed by atoms with Crippen LogP contribution in [0.15, 0.2) is 29.1 Å². The number of aromatic carboxylic acids is 1. The maximum absolute atomic E-state index is 13.3. The first kappa shape index (κ1) is 20.9. The number of anilines is 2. The summed E-state index contributed by atoms with van der Waals surface area (Å²) >= 11 is 0. The van der Waals surface area contributed by atoms with Crippen LogP contribution in [0.3, 0.4) is 0 Å². The van der Waals surface area contributed by atoms with Crippen LogP contribution in [0, 0.1) is 30.1 Å². The second kappa shape index (κ2) is 7.59. The first-order valence-corrected chi connectivity index (χ1v) is 10.9. The Kier molecular flexibility index (Phi) is 4.81. The summed E-state index contributed by atoms with van der Waals surface area (Å²) in [4.78, 5) is 36.0. The molecule has 3 atom stereocenters. The second-order valence-corrected chi connectivity index (χ2v) is 9.06. The van der Waals surface area contributed by atoms with Gasteiger partial charge in [-0.2, -0.15) is 5.26 Å². The van der Waals surface area contributed by atoms with E-state index in [1.54, 1.807) is 11.6 Å². The number of rotatable bonds is 5. The van der Waals surface area contributed by atoms with Crippen molar-refractivity contribution in [1.82, 2.24) is 14.5 Å². The van der Waals surface area contributed by atoms with E-state index in [0.717, 1.165) is 24.2 Å². The van der Waals surface area contributed by atoms with Crippen molar-refractivity contribution in [2.24, 2.45) is 18.9 Å². The molecule has 0 bridgehead atoms. The van der Waals surface area contributed by atoms with Crippen LogP contribution in [0.4, 0.5) is 11.6 Å². The zero-order chi connectivity index (χ0) is 23.4. The molecule has 3 aromatic rings. The van der Waals surface area contributed by atoms with Gasteiger partial charge in [0.25, 0.3) is 5.56 Å². The standard InChI is InChI=1S/C24H24N6O3/c1-12-6-17(13(2)26-19-5-4-16(9-25)27-21(19)23(32)33)20-18(7-12)22(31)29(3)24(28-20)30-10-14-8-15(14)11-30/h4-7,13-15,26H,8,10-11H2,1-3H3,(H,32,33)/t13-,14?,15?/m1/s1. The summed E-state index contributed by atoms with van der Waals surface area (Å²) in [5, 5.41) is 22.4. The minimum atomic E-state index is -1.22. The molecule has 1 aromatic carbocycles. The van der Waals surface area contributed by atoms with Crippen molar-refractivity contribution in [2.45, 2.75) is 26.3 Å². The van der Waals surface area contributed by atoms with Crippen molar-refractivity contribution in [2.75, 3.05) is 23.3 Å². The van der Waals surface area contributed by atoms with Crippen molar-refractivity contribution in [3.8, 4) is 6.07 Å². The van der Waals surface area contributed by atoms with E-state index in [4.69, 9.17) is 10.2 Å². The third-order valence-electron chi connectivity index (χ3n) is 6.64. The molecule has 2 aliphatic rings. The third-order valence-corrected chi connectivity index (χ3v) is 6.64. The van der Waals surface area contributed by atoms with E-state index in [0.29, 0.717) is 34.4 Å². The average Bonchev–Trinajstić information content (AvgIpc) is 3.40. The SMILES string of the molecule is Cc1cc([C@@H](C)Nc2ccc(C#N)nc2C(=O)O)c2nc(N3CC4CC4C3)n(C)c(=O)c2c1. The Bertz CT molecular complexity index is 1400. The van der Waals surface area contributed by atoms with Gasteiger partial charge in [0, 0.05) is 25.7 Å². The highest BCUT2D eigenvalue weighted by molar-refractivity contribution is 5.92. The van der Waals surface area contributed by atoms with E-state index in [2.05, 4.69) is 15.2 Å². The maximum Gasteiger partial charge on any atom is 0.356 e. The Balaban J connectivity index is 1.59. The molecule has 9 heteroatoms. The monoisotopic (exact) mass is 444 g/mol. The molecule has 2 N–H and O–H groups in total. The number of carbonyl (C=O) groups is 1. The van der Waals surface area contributed by atoms with Crippen LogP contribution in [-0.4, -0.2) is 38.7 Å². The van der Waals surface area contributed by atoms with Gasteiger partial charge in [-0.15, -0.1) is 0 Å². The predicted molar refractivity (Wildman–Crippen MR) is 123 cm³/mol. The number of carboxylic acid groups (broad SMARTS) is 1. The van der Waals surface area contributed by atoms with Gasteiger partial charge in [0.1, 0.15) is 11.8 Å². The van der Waals surface area contributed by atoms with Gasteiger partial charge >= 0.3 is 5.97 Å². The Morgan fingerprint density at radius 1 is 1.27 bits per heavy atom. The van der Waals surface area contributed by atoms with E-state index in [-0.39, 0.29) is 23.0 Å². The van der Waals surface area contributed by atoms with Crippen LogP contribution in [0.5, 0.6) is 0 Å². The molecule has 1 saturated heterocycles. The summed E-state index contributed by atoms with van der Waals surface area (Å²) in [7, 11) is 1.76. The van der Waals surface area contributed by atoms with Gasteiger partial charge in [-0.1, -0.05) is 6.07 Å². The Labute approximate surface area is 190 Å². The number of pyridine rings is 1. The van der Waals surface area contributed by atoms with Crippen molar-refractivity contribution in [3.05, 3.63) is 57.1 Å². The van der Waals surface area contributed by atoms with Crippen LogP contribution in [0.25, 0.3) is 10.9 Å². The van der Waals surface area contributed by atoms with E-state index < -0.39 is 5.97 Å². The fourth-order valence-corrected chi connectivity index (χ4v) is 4.83. The molecule has 0 radical (unpaired) electrons. The number of nitriles is 1. The predicted octanol–water partition coefficient (Wildman–Crippen LogP) is 2.84. The van der Waals surface area contributed by atoms with Crippen LogP contribution in [-0.2, 0) is 7.05 Å². The highest BCUT2D eigenvalue weighted by atomic mass is 16.4. The summed E-state index contributed by atoms with van der Waals surface area (Å²) < 4.78 is 1.63. The second-order valence-electron chi connectivity index (χ2n) is 9.06. The van der Waals surface area contributed by atoms with Crippen molar-refractivity contribution >= 4 is 28.5 Å². The number of nitrogens with one attached hydrogen (secondary N) is 1. The zero-order valence-corrected chi connectivity index (χ0v) is 18.7. The summed E-state index contributed by atoms with van der Waals surface area (Å²) in [5.74, 6) is 0.851. The number of hydrogen-bond donors (Lipinski definition) is 2. The lowest BCUT2D eigenvalue weighted by atomic mass is 10.0. The lowest BCUT2D eigenvalue weighted by molar-refractivity contribution is 0.0691. The molecular formula is C24H24N6O3. The summed E-state index contributed by atoms with van der Waals surface area (Å²) in [6.45, 7) is 5.65. The molecule has 0 amide bonds. The maximum atomic E-state index is 13.3. The summed E-state index contributed by atoms with van der Waals surface area (Å²) in [6.07, 6.45) is 1.26. The van der Waals surface area contributed by atoms with Gasteiger partial charge in [-0.25, -0.2) is 14.8 Å². The number of aryl methyl sites for hydroxylation is 1. The van der Waals surface area contributed by atoms with Gasteiger partial charge in [-0.3, -0.25) is 9.36 Å². The first-order valence-electron chi connectivity index (χ1n) is 10.9. The Morgan fingerprint density at radius 2 is 2.00 bits per heavy atom. The molecule has 0 spiro atoms. The number of aromatic nitrogens is 3. The third kappa shape index (κ3) is 3.57. The van der Waals surface area contributed by atoms with Crippen LogP contribution >= 0.6 is 0 Å². The van der Waals surface area contributed by atoms with Gasteiger partial charge < -0.3 is 15.3 Å². The van der Waals surface area contributed by atoms with E-state index >= 15 is 0 Å². The Morgan fingerprint density at radius 3 is 2.67 bits per heavy atom. The highest BCUT2D eigenvalue weighted by Crippen LogP contribution is 2.46. The zero-order valence-electron chi connectivity index (χ0n) is 18.7. The number of fused-ring (bicyclic) bond motifs is 2.